The maximum absolute atomic E-state index is 14.1. The number of hydrogen-bond acceptors (Lipinski definition) is 4. The number of hydrogen-bond donors (Lipinski definition) is 1. The molecule has 0 aromatic heterocycles. The molecule has 2 aliphatic rings. The molecule has 1 aromatic carbocycles. The summed E-state index contributed by atoms with van der Waals surface area (Å²) < 4.78 is 19.7. The van der Waals surface area contributed by atoms with Crippen LogP contribution in [0, 0.1) is 5.82 Å². The molecule has 26 heavy (non-hydrogen) atoms. The fraction of sp³-hybridized carbons (Fsp3) is 0.500. The molecule has 0 spiro atoms. The van der Waals surface area contributed by atoms with E-state index in [0.717, 1.165) is 11.3 Å². The molecule has 4 amide bonds. The van der Waals surface area contributed by atoms with E-state index in [9.17, 15) is 18.8 Å². The fourth-order valence-corrected chi connectivity index (χ4v) is 3.32. The first-order valence-corrected chi connectivity index (χ1v) is 8.65. The molecule has 1 aromatic rings. The van der Waals surface area contributed by atoms with Gasteiger partial charge in [0, 0.05) is 18.7 Å². The van der Waals surface area contributed by atoms with Crippen LogP contribution in [0.15, 0.2) is 24.3 Å². The minimum absolute atomic E-state index is 0.0421. The molecule has 0 unspecified atom stereocenters. The quantitative estimate of drug-likeness (QED) is 0.816. The third-order valence-corrected chi connectivity index (χ3v) is 4.93. The number of halogens is 1. The zero-order valence-corrected chi connectivity index (χ0v) is 14.8. The lowest BCUT2D eigenvalue weighted by molar-refractivity contribution is -0.143. The van der Waals surface area contributed by atoms with Gasteiger partial charge in [0.05, 0.1) is 12.7 Å². The van der Waals surface area contributed by atoms with Gasteiger partial charge in [-0.15, -0.1) is 0 Å². The summed E-state index contributed by atoms with van der Waals surface area (Å²) in [4.78, 5) is 40.1. The smallest absolute Gasteiger partial charge is 0.325 e. The van der Waals surface area contributed by atoms with Crippen LogP contribution < -0.4 is 5.32 Å². The molecule has 0 radical (unpaired) electrons. The summed E-state index contributed by atoms with van der Waals surface area (Å²) in [6, 6.07) is 5.08. The normalized spacial score (nSPS) is 26.2. The summed E-state index contributed by atoms with van der Waals surface area (Å²) >= 11 is 0. The largest absolute Gasteiger partial charge is 0.375 e. The Morgan fingerprint density at radius 1 is 1.38 bits per heavy atom. The summed E-state index contributed by atoms with van der Waals surface area (Å²) in [6.07, 6.45) is 0.734. The van der Waals surface area contributed by atoms with E-state index in [4.69, 9.17) is 4.74 Å². The highest BCUT2D eigenvalue weighted by Crippen LogP contribution is 2.30. The third kappa shape index (κ3) is 3.16. The summed E-state index contributed by atoms with van der Waals surface area (Å²) in [5.74, 6) is -1.55. The van der Waals surface area contributed by atoms with Crippen LogP contribution in [0.2, 0.25) is 0 Å². The van der Waals surface area contributed by atoms with Crippen LogP contribution in [0.5, 0.6) is 0 Å². The second kappa shape index (κ2) is 7.03. The molecule has 2 atom stereocenters. The Morgan fingerprint density at radius 3 is 2.81 bits per heavy atom. The Labute approximate surface area is 151 Å². The molecule has 140 valence electrons. The molecule has 0 aliphatic carbocycles. The fourth-order valence-electron chi connectivity index (χ4n) is 3.32. The van der Waals surface area contributed by atoms with Crippen molar-refractivity contribution in [3.05, 3.63) is 35.6 Å². The molecule has 0 saturated carbocycles. The SMILES string of the molecule is CC[C@H]1CN(C(=O)CN2C(=O)N[C@@](C)(c3ccccc3F)C2=O)CCO1. The molecule has 2 saturated heterocycles. The molecule has 3 rings (SSSR count). The summed E-state index contributed by atoms with van der Waals surface area (Å²) in [6.45, 7) is 4.32. The van der Waals surface area contributed by atoms with Crippen LogP contribution in [0.25, 0.3) is 0 Å². The zero-order chi connectivity index (χ0) is 18.9. The average Bonchev–Trinajstić information content (AvgIpc) is 2.86. The van der Waals surface area contributed by atoms with Crippen molar-refractivity contribution in [1.82, 2.24) is 15.1 Å². The summed E-state index contributed by atoms with van der Waals surface area (Å²) in [5.41, 5.74) is -1.45. The van der Waals surface area contributed by atoms with Crippen molar-refractivity contribution < 1.29 is 23.5 Å². The molecule has 2 heterocycles. The second-order valence-corrected chi connectivity index (χ2v) is 6.67. The van der Waals surface area contributed by atoms with E-state index in [2.05, 4.69) is 5.32 Å². The lowest BCUT2D eigenvalue weighted by Gasteiger charge is -2.33. The Kier molecular flexibility index (Phi) is 4.95. The molecular formula is C18H22FN3O4. The highest BCUT2D eigenvalue weighted by Gasteiger charge is 2.50. The van der Waals surface area contributed by atoms with Crippen LogP contribution in [-0.2, 0) is 19.9 Å². The maximum Gasteiger partial charge on any atom is 0.325 e. The van der Waals surface area contributed by atoms with Gasteiger partial charge < -0.3 is 15.0 Å². The molecule has 7 nitrogen and oxygen atoms in total. The first-order chi connectivity index (χ1) is 12.4. The number of morpholine rings is 1. The van der Waals surface area contributed by atoms with Gasteiger partial charge >= 0.3 is 6.03 Å². The minimum Gasteiger partial charge on any atom is -0.375 e. The highest BCUT2D eigenvalue weighted by atomic mass is 19.1. The van der Waals surface area contributed by atoms with E-state index in [0.29, 0.717) is 19.7 Å². The topological polar surface area (TPSA) is 79.0 Å². The first kappa shape index (κ1) is 18.3. The number of carbonyl (C=O) groups is 3. The maximum atomic E-state index is 14.1. The highest BCUT2D eigenvalue weighted by molar-refractivity contribution is 6.09. The van der Waals surface area contributed by atoms with Crippen molar-refractivity contribution >= 4 is 17.8 Å². The standard InChI is InChI=1S/C18H22FN3O4/c1-3-12-10-21(8-9-26-12)15(23)11-22-16(24)18(2,20-17(22)25)13-6-4-5-7-14(13)19/h4-7,12H,3,8-11H2,1-2H3,(H,20,25)/t12-,18-/m0/s1. The number of carbonyl (C=O) groups excluding carboxylic acids is 3. The van der Waals surface area contributed by atoms with Gasteiger partial charge in [0.15, 0.2) is 0 Å². The Balaban J connectivity index is 1.75. The van der Waals surface area contributed by atoms with Crippen LogP contribution in [0.4, 0.5) is 9.18 Å². The molecule has 2 fully saturated rings. The van der Waals surface area contributed by atoms with Crippen LogP contribution in [0.3, 0.4) is 0 Å². The number of imide groups is 1. The van der Waals surface area contributed by atoms with E-state index < -0.39 is 23.3 Å². The number of benzene rings is 1. The number of rotatable bonds is 4. The second-order valence-electron chi connectivity index (χ2n) is 6.67. The van der Waals surface area contributed by atoms with E-state index >= 15 is 0 Å². The number of nitrogens with one attached hydrogen (secondary N) is 1. The van der Waals surface area contributed by atoms with Gasteiger partial charge in [-0.2, -0.15) is 0 Å². The Bertz CT molecular complexity index is 741. The number of ether oxygens (including phenoxy) is 1. The first-order valence-electron chi connectivity index (χ1n) is 8.65. The van der Waals surface area contributed by atoms with Crippen LogP contribution in [0.1, 0.15) is 25.8 Å². The molecule has 0 bridgehead atoms. The van der Waals surface area contributed by atoms with E-state index in [-0.39, 0.29) is 24.1 Å². The van der Waals surface area contributed by atoms with Crippen molar-refractivity contribution in [2.24, 2.45) is 0 Å². The van der Waals surface area contributed by atoms with E-state index in [1.165, 1.54) is 25.1 Å². The van der Waals surface area contributed by atoms with Gasteiger partial charge in [0.25, 0.3) is 5.91 Å². The van der Waals surface area contributed by atoms with Gasteiger partial charge in [-0.05, 0) is 19.4 Å². The minimum atomic E-state index is -1.53. The zero-order valence-electron chi connectivity index (χ0n) is 14.8. The Hall–Kier alpha value is -2.48. The average molecular weight is 363 g/mol. The number of urea groups is 1. The van der Waals surface area contributed by atoms with Gasteiger partial charge in [-0.1, -0.05) is 25.1 Å². The van der Waals surface area contributed by atoms with Crippen LogP contribution in [-0.4, -0.2) is 60.0 Å². The summed E-state index contributed by atoms with van der Waals surface area (Å²) in [7, 11) is 0. The third-order valence-electron chi connectivity index (χ3n) is 4.93. The Morgan fingerprint density at radius 2 is 2.12 bits per heavy atom. The van der Waals surface area contributed by atoms with Crippen molar-refractivity contribution in [3.8, 4) is 0 Å². The molecule has 8 heteroatoms. The predicted molar refractivity (Wildman–Crippen MR) is 90.6 cm³/mol. The summed E-state index contributed by atoms with van der Waals surface area (Å²) in [5, 5.41) is 2.52. The lowest BCUT2D eigenvalue weighted by Crippen LogP contribution is -2.50. The van der Waals surface area contributed by atoms with Crippen molar-refractivity contribution in [3.63, 3.8) is 0 Å². The predicted octanol–water partition coefficient (Wildman–Crippen LogP) is 1.23. The monoisotopic (exact) mass is 363 g/mol. The van der Waals surface area contributed by atoms with Crippen molar-refractivity contribution in [2.75, 3.05) is 26.2 Å². The van der Waals surface area contributed by atoms with E-state index in [1.807, 2.05) is 6.92 Å². The van der Waals surface area contributed by atoms with Gasteiger partial charge in [-0.3, -0.25) is 14.5 Å². The molecular weight excluding hydrogens is 341 g/mol. The van der Waals surface area contributed by atoms with Crippen LogP contribution >= 0.6 is 0 Å². The van der Waals surface area contributed by atoms with E-state index in [1.54, 1.807) is 11.0 Å². The number of amides is 4. The van der Waals surface area contributed by atoms with Gasteiger partial charge in [-0.25, -0.2) is 9.18 Å². The van der Waals surface area contributed by atoms with Gasteiger partial charge in [0.2, 0.25) is 5.91 Å². The van der Waals surface area contributed by atoms with Crippen molar-refractivity contribution in [2.45, 2.75) is 31.9 Å². The molecule has 1 N–H and O–H groups in total. The molecule has 2 aliphatic heterocycles. The van der Waals surface area contributed by atoms with Crippen molar-refractivity contribution in [1.29, 1.82) is 0 Å². The lowest BCUT2D eigenvalue weighted by atomic mass is 9.91. The number of nitrogens with zero attached hydrogens (tertiary/aromatic N) is 2. The van der Waals surface area contributed by atoms with Gasteiger partial charge in [0.1, 0.15) is 17.9 Å².